The van der Waals surface area contributed by atoms with Gasteiger partial charge in [0.25, 0.3) is 0 Å². The maximum absolute atomic E-state index is 10.6. The van der Waals surface area contributed by atoms with Crippen molar-refractivity contribution in [1.82, 2.24) is 0 Å². The van der Waals surface area contributed by atoms with Crippen molar-refractivity contribution in [3.63, 3.8) is 0 Å². The average Bonchev–Trinajstić information content (AvgIpc) is 2.34. The number of carboxylic acids is 2. The predicted molar refractivity (Wildman–Crippen MR) is 80.1 cm³/mol. The Morgan fingerprint density at radius 3 is 1.62 bits per heavy atom. The van der Waals surface area contributed by atoms with Crippen LogP contribution in [0.25, 0.3) is 12.2 Å². The third-order valence-electron chi connectivity index (χ3n) is 2.85. The summed E-state index contributed by atoms with van der Waals surface area (Å²) in [6.07, 6.45) is 4.41. The van der Waals surface area contributed by atoms with E-state index in [4.69, 9.17) is 10.2 Å². The minimum Gasteiger partial charge on any atom is -0.507 e. The number of aliphatic carboxylic acids is 2. The second-order valence-corrected chi connectivity index (χ2v) is 5.60. The van der Waals surface area contributed by atoms with Gasteiger partial charge < -0.3 is 15.3 Å². The van der Waals surface area contributed by atoms with Crippen LogP contribution in [0.15, 0.2) is 24.3 Å². The number of benzene rings is 1. The fraction of sp³-hybridized carbons (Fsp3) is 0.250. The van der Waals surface area contributed by atoms with E-state index in [1.54, 1.807) is 12.1 Å². The summed E-state index contributed by atoms with van der Waals surface area (Å²) in [6, 6.07) is 3.37. The molecule has 0 radical (unpaired) electrons. The van der Waals surface area contributed by atoms with Gasteiger partial charge in [-0.05, 0) is 35.3 Å². The molecule has 3 N–H and O–H groups in total. The number of aromatic hydroxyl groups is 1. The van der Waals surface area contributed by atoms with E-state index in [9.17, 15) is 14.7 Å². The van der Waals surface area contributed by atoms with Gasteiger partial charge in [-0.15, -0.1) is 0 Å². The van der Waals surface area contributed by atoms with Gasteiger partial charge in [0.05, 0.1) is 0 Å². The molecule has 5 heteroatoms. The van der Waals surface area contributed by atoms with E-state index in [-0.39, 0.29) is 11.2 Å². The smallest absolute Gasteiger partial charge is 0.328 e. The number of hydrogen-bond donors (Lipinski definition) is 3. The molecule has 0 atom stereocenters. The summed E-state index contributed by atoms with van der Waals surface area (Å²) in [7, 11) is 0. The number of hydrogen-bond acceptors (Lipinski definition) is 3. The molecule has 5 nitrogen and oxygen atoms in total. The Labute approximate surface area is 122 Å². The summed E-state index contributed by atoms with van der Waals surface area (Å²) < 4.78 is 0. The largest absolute Gasteiger partial charge is 0.507 e. The molecular weight excluding hydrogens is 272 g/mol. The molecule has 0 fully saturated rings. The Bertz CT molecular complexity index is 573. The van der Waals surface area contributed by atoms with Gasteiger partial charge in [-0.2, -0.15) is 0 Å². The molecule has 1 aromatic rings. The molecule has 1 aromatic carbocycles. The van der Waals surface area contributed by atoms with E-state index in [0.29, 0.717) is 11.1 Å². The highest BCUT2D eigenvalue weighted by Gasteiger charge is 2.17. The fourth-order valence-electron chi connectivity index (χ4n) is 1.69. The van der Waals surface area contributed by atoms with Gasteiger partial charge in [0.2, 0.25) is 0 Å². The second kappa shape index (κ2) is 6.26. The molecule has 0 aromatic heterocycles. The molecule has 112 valence electrons. The lowest BCUT2D eigenvalue weighted by Gasteiger charge is -2.21. The van der Waals surface area contributed by atoms with Gasteiger partial charge >= 0.3 is 11.9 Å². The molecule has 0 aliphatic carbocycles. The third kappa shape index (κ3) is 4.80. The van der Waals surface area contributed by atoms with Crippen molar-refractivity contribution in [2.45, 2.75) is 26.2 Å². The van der Waals surface area contributed by atoms with Crippen LogP contribution < -0.4 is 0 Å². The number of carboxylic acid groups (broad SMARTS) is 2. The van der Waals surface area contributed by atoms with E-state index in [0.717, 1.165) is 17.7 Å². The normalized spacial score (nSPS) is 12.1. The van der Waals surface area contributed by atoms with E-state index in [2.05, 4.69) is 0 Å². The summed E-state index contributed by atoms with van der Waals surface area (Å²) >= 11 is 0. The van der Waals surface area contributed by atoms with Crippen LogP contribution in [0, 0.1) is 0 Å². The maximum atomic E-state index is 10.6. The summed E-state index contributed by atoms with van der Waals surface area (Å²) in [5.74, 6) is -2.41. The Balaban J connectivity index is 3.46. The van der Waals surface area contributed by atoms with Crippen LogP contribution in [-0.4, -0.2) is 27.3 Å². The van der Waals surface area contributed by atoms with Gasteiger partial charge in [-0.25, -0.2) is 9.59 Å². The van der Waals surface area contributed by atoms with Crippen LogP contribution in [-0.2, 0) is 15.0 Å². The van der Waals surface area contributed by atoms with Gasteiger partial charge in [-0.1, -0.05) is 20.8 Å². The van der Waals surface area contributed by atoms with E-state index in [1.807, 2.05) is 20.8 Å². The van der Waals surface area contributed by atoms with Crippen LogP contribution in [0.3, 0.4) is 0 Å². The predicted octanol–water partition coefficient (Wildman–Crippen LogP) is 2.89. The number of phenols is 1. The van der Waals surface area contributed by atoms with Gasteiger partial charge in [0, 0.05) is 23.3 Å². The van der Waals surface area contributed by atoms with Crippen molar-refractivity contribution in [2.75, 3.05) is 0 Å². The van der Waals surface area contributed by atoms with E-state index in [1.165, 1.54) is 12.2 Å². The minimum atomic E-state index is -1.13. The Kier molecular flexibility index (Phi) is 4.92. The first-order chi connectivity index (χ1) is 9.61. The first-order valence-corrected chi connectivity index (χ1v) is 6.31. The van der Waals surface area contributed by atoms with Crippen molar-refractivity contribution in [2.24, 2.45) is 0 Å². The third-order valence-corrected chi connectivity index (χ3v) is 2.85. The molecule has 0 amide bonds. The fourth-order valence-corrected chi connectivity index (χ4v) is 1.69. The highest BCUT2D eigenvalue weighted by Crippen LogP contribution is 2.32. The molecule has 0 bridgehead atoms. The Morgan fingerprint density at radius 1 is 0.952 bits per heavy atom. The lowest BCUT2D eigenvalue weighted by molar-refractivity contribution is -0.132. The molecule has 0 saturated heterocycles. The van der Waals surface area contributed by atoms with Crippen molar-refractivity contribution < 1.29 is 24.9 Å². The maximum Gasteiger partial charge on any atom is 0.328 e. The zero-order valence-corrected chi connectivity index (χ0v) is 12.1. The monoisotopic (exact) mass is 290 g/mol. The van der Waals surface area contributed by atoms with E-state index >= 15 is 0 Å². The minimum absolute atomic E-state index is 0.155. The number of phenolic OH excluding ortho intramolecular Hbond substituents is 1. The SMILES string of the molecule is CC(C)(C)c1cc(/C=C/C(=O)O)c(O)c(/C=C/C(=O)O)c1. The molecule has 0 heterocycles. The van der Waals surface area contributed by atoms with Crippen molar-refractivity contribution >= 4 is 24.1 Å². The van der Waals surface area contributed by atoms with E-state index < -0.39 is 11.9 Å². The van der Waals surface area contributed by atoms with Crippen LogP contribution in [0.1, 0.15) is 37.5 Å². The molecular formula is C16H18O5. The summed E-state index contributed by atoms with van der Waals surface area (Å²) in [5.41, 5.74) is 1.28. The van der Waals surface area contributed by atoms with Crippen LogP contribution >= 0.6 is 0 Å². The zero-order valence-electron chi connectivity index (χ0n) is 12.1. The first kappa shape index (κ1) is 16.5. The number of carbonyl (C=O) groups is 2. The lowest BCUT2D eigenvalue weighted by atomic mass is 9.84. The Morgan fingerprint density at radius 2 is 1.33 bits per heavy atom. The van der Waals surface area contributed by atoms with Crippen molar-refractivity contribution in [1.29, 1.82) is 0 Å². The summed E-state index contributed by atoms with van der Waals surface area (Å²) in [5, 5.41) is 27.5. The first-order valence-electron chi connectivity index (χ1n) is 6.31. The van der Waals surface area contributed by atoms with Gasteiger partial charge in [-0.3, -0.25) is 0 Å². The highest BCUT2D eigenvalue weighted by molar-refractivity contribution is 5.88. The van der Waals surface area contributed by atoms with Crippen LogP contribution in [0.4, 0.5) is 0 Å². The number of rotatable bonds is 4. The topological polar surface area (TPSA) is 94.8 Å². The molecule has 0 aliphatic rings. The Hall–Kier alpha value is -2.56. The van der Waals surface area contributed by atoms with Crippen LogP contribution in [0.2, 0.25) is 0 Å². The second-order valence-electron chi connectivity index (χ2n) is 5.60. The van der Waals surface area contributed by atoms with Crippen molar-refractivity contribution in [3.05, 3.63) is 41.0 Å². The van der Waals surface area contributed by atoms with Crippen molar-refractivity contribution in [3.8, 4) is 5.75 Å². The summed E-state index contributed by atoms with van der Waals surface area (Å²) in [6.45, 7) is 5.90. The lowest BCUT2D eigenvalue weighted by Crippen LogP contribution is -2.11. The van der Waals surface area contributed by atoms with Gasteiger partial charge in [0.15, 0.2) is 0 Å². The van der Waals surface area contributed by atoms with Crippen LogP contribution in [0.5, 0.6) is 5.75 Å². The molecule has 0 unspecified atom stereocenters. The molecule has 0 spiro atoms. The average molecular weight is 290 g/mol. The molecule has 21 heavy (non-hydrogen) atoms. The highest BCUT2D eigenvalue weighted by atomic mass is 16.4. The molecule has 0 saturated carbocycles. The summed E-state index contributed by atoms with van der Waals surface area (Å²) in [4.78, 5) is 21.2. The van der Waals surface area contributed by atoms with Gasteiger partial charge in [0.1, 0.15) is 5.75 Å². The molecule has 0 aliphatic heterocycles. The zero-order chi connectivity index (χ0) is 16.2. The standard InChI is InChI=1S/C16H18O5/c1-16(2,3)12-8-10(4-6-13(17)18)15(21)11(9-12)5-7-14(19)20/h4-9,21H,1-3H3,(H,17,18)(H,19,20)/b6-4+,7-5+. The molecule has 1 rings (SSSR count). The quantitative estimate of drug-likeness (QED) is 0.741.